The van der Waals surface area contributed by atoms with Crippen molar-refractivity contribution in [3.05, 3.63) is 0 Å². The fraction of sp³-hybridized carbons (Fsp3) is 0.733. The maximum atomic E-state index is 11.9. The van der Waals surface area contributed by atoms with Gasteiger partial charge in [0.2, 0.25) is 23.6 Å². The van der Waals surface area contributed by atoms with Crippen LogP contribution in [0, 0.1) is 0 Å². The Kier molecular flexibility index (Phi) is 8.20. The Bertz CT molecular complexity index is 500. The lowest BCUT2D eigenvalue weighted by atomic mass is 10.3. The van der Waals surface area contributed by atoms with Gasteiger partial charge in [-0.15, -0.1) is 0 Å². The van der Waals surface area contributed by atoms with Crippen LogP contribution in [-0.4, -0.2) is 65.5 Å². The number of ether oxygens (including phenoxy) is 1. The molecule has 1 aliphatic heterocycles. The molecule has 8 nitrogen and oxygen atoms in total. The molecule has 24 heavy (non-hydrogen) atoms. The van der Waals surface area contributed by atoms with Gasteiger partial charge in [-0.2, -0.15) is 11.8 Å². The number of hydrogen-bond donors (Lipinski definition) is 2. The van der Waals surface area contributed by atoms with Crippen LogP contribution in [0.3, 0.4) is 0 Å². The molecule has 1 rings (SSSR count). The Labute approximate surface area is 146 Å². The summed E-state index contributed by atoms with van der Waals surface area (Å²) < 4.78 is 5.16. The summed E-state index contributed by atoms with van der Waals surface area (Å²) in [5, 5.41) is 4.87. The highest BCUT2D eigenvalue weighted by atomic mass is 32.2. The number of hydrogen-bond acceptors (Lipinski definition) is 6. The summed E-state index contributed by atoms with van der Waals surface area (Å²) in [6, 6.07) is 0. The zero-order valence-corrected chi connectivity index (χ0v) is 15.3. The minimum absolute atomic E-state index is 0.000193. The highest BCUT2D eigenvalue weighted by Gasteiger charge is 2.37. The monoisotopic (exact) mass is 359 g/mol. The van der Waals surface area contributed by atoms with Gasteiger partial charge in [0.05, 0.1) is 11.4 Å². The third-order valence-electron chi connectivity index (χ3n) is 3.57. The SMILES string of the molecule is CCOC(C)C(=O)NC(C)NC(=O)CCN1C(=O)CC(SC)C1=O. The van der Waals surface area contributed by atoms with Crippen LogP contribution in [0.5, 0.6) is 0 Å². The van der Waals surface area contributed by atoms with E-state index in [1.807, 2.05) is 0 Å². The molecule has 9 heteroatoms. The van der Waals surface area contributed by atoms with Crippen LogP contribution >= 0.6 is 11.8 Å². The van der Waals surface area contributed by atoms with Crippen LogP contribution in [0.2, 0.25) is 0 Å². The lowest BCUT2D eigenvalue weighted by molar-refractivity contribution is -0.138. The number of carbonyl (C=O) groups is 4. The van der Waals surface area contributed by atoms with E-state index in [4.69, 9.17) is 4.74 Å². The van der Waals surface area contributed by atoms with Gasteiger partial charge >= 0.3 is 0 Å². The van der Waals surface area contributed by atoms with Crippen molar-refractivity contribution < 1.29 is 23.9 Å². The number of nitrogens with zero attached hydrogens (tertiary/aromatic N) is 1. The van der Waals surface area contributed by atoms with E-state index in [-0.39, 0.29) is 48.3 Å². The van der Waals surface area contributed by atoms with Gasteiger partial charge in [0.1, 0.15) is 6.10 Å². The molecule has 1 heterocycles. The lowest BCUT2D eigenvalue weighted by Gasteiger charge is -2.19. The summed E-state index contributed by atoms with van der Waals surface area (Å²) in [6.45, 7) is 5.52. The second kappa shape index (κ2) is 9.63. The van der Waals surface area contributed by atoms with Gasteiger partial charge in [-0.3, -0.25) is 24.1 Å². The van der Waals surface area contributed by atoms with E-state index in [9.17, 15) is 19.2 Å². The quantitative estimate of drug-likeness (QED) is 0.439. The summed E-state index contributed by atoms with van der Waals surface area (Å²) in [7, 11) is 0. The highest BCUT2D eigenvalue weighted by Crippen LogP contribution is 2.22. The maximum Gasteiger partial charge on any atom is 0.250 e. The van der Waals surface area contributed by atoms with Gasteiger partial charge in [-0.25, -0.2) is 0 Å². The summed E-state index contributed by atoms with van der Waals surface area (Å²) in [5.74, 6) is -1.16. The van der Waals surface area contributed by atoms with Gasteiger partial charge in [-0.05, 0) is 27.0 Å². The first-order valence-electron chi connectivity index (χ1n) is 7.88. The molecule has 0 aromatic rings. The first-order valence-corrected chi connectivity index (χ1v) is 9.17. The lowest BCUT2D eigenvalue weighted by Crippen LogP contribution is -2.49. The summed E-state index contributed by atoms with van der Waals surface area (Å²) >= 11 is 1.33. The normalized spacial score (nSPS) is 20.0. The molecule has 0 spiro atoms. The minimum Gasteiger partial charge on any atom is -0.369 e. The molecule has 0 aromatic heterocycles. The molecule has 2 N–H and O–H groups in total. The van der Waals surface area contributed by atoms with Crippen molar-refractivity contribution in [1.82, 2.24) is 15.5 Å². The van der Waals surface area contributed by atoms with Crippen LogP contribution in [0.1, 0.15) is 33.6 Å². The van der Waals surface area contributed by atoms with Crippen molar-refractivity contribution in [3.63, 3.8) is 0 Å². The first kappa shape index (κ1) is 20.4. The fourth-order valence-corrected chi connectivity index (χ4v) is 2.93. The summed E-state index contributed by atoms with van der Waals surface area (Å²) in [5.41, 5.74) is 0. The molecule has 0 bridgehead atoms. The van der Waals surface area contributed by atoms with E-state index in [2.05, 4.69) is 10.6 Å². The fourth-order valence-electron chi connectivity index (χ4n) is 2.29. The summed E-state index contributed by atoms with van der Waals surface area (Å²) in [4.78, 5) is 48.5. The number of nitrogens with one attached hydrogen (secondary N) is 2. The van der Waals surface area contributed by atoms with Crippen LogP contribution in [0.25, 0.3) is 0 Å². The van der Waals surface area contributed by atoms with E-state index in [1.165, 1.54) is 11.8 Å². The van der Waals surface area contributed by atoms with Crippen molar-refractivity contribution in [1.29, 1.82) is 0 Å². The van der Waals surface area contributed by atoms with E-state index < -0.39 is 12.3 Å². The first-order chi connectivity index (χ1) is 11.3. The molecule has 0 aliphatic carbocycles. The molecule has 1 saturated heterocycles. The number of imide groups is 1. The molecule has 3 unspecified atom stereocenters. The van der Waals surface area contributed by atoms with E-state index in [0.29, 0.717) is 6.61 Å². The van der Waals surface area contributed by atoms with Crippen LogP contribution < -0.4 is 10.6 Å². The zero-order chi connectivity index (χ0) is 18.3. The number of rotatable bonds is 9. The van der Waals surface area contributed by atoms with Gasteiger partial charge in [-0.1, -0.05) is 0 Å². The molecule has 1 aliphatic rings. The number of thioether (sulfide) groups is 1. The van der Waals surface area contributed by atoms with Gasteiger partial charge < -0.3 is 15.4 Å². The standard InChI is InChI=1S/C15H25N3O5S/c1-5-23-9(2)14(21)17-10(3)16-12(19)6-7-18-13(20)8-11(24-4)15(18)22/h9-11H,5-8H2,1-4H3,(H,16,19)(H,17,21). The number of likely N-dealkylation sites (tertiary alicyclic amines) is 1. The van der Waals surface area contributed by atoms with E-state index in [1.54, 1.807) is 27.0 Å². The second-order valence-electron chi connectivity index (χ2n) is 5.46. The van der Waals surface area contributed by atoms with E-state index in [0.717, 1.165) is 4.90 Å². The molecule has 136 valence electrons. The smallest absolute Gasteiger partial charge is 0.250 e. The Balaban J connectivity index is 2.37. The van der Waals surface area contributed by atoms with Crippen molar-refractivity contribution in [3.8, 4) is 0 Å². The molecular formula is C15H25N3O5S. The molecule has 1 fully saturated rings. The predicted octanol–water partition coefficient (Wildman–Crippen LogP) is -0.130. The Morgan fingerprint density at radius 1 is 1.33 bits per heavy atom. The maximum absolute atomic E-state index is 11.9. The van der Waals surface area contributed by atoms with Crippen LogP contribution in [0.15, 0.2) is 0 Å². The topological polar surface area (TPSA) is 105 Å². The average Bonchev–Trinajstić information content (AvgIpc) is 2.79. The van der Waals surface area contributed by atoms with Gasteiger partial charge in [0.15, 0.2) is 0 Å². The summed E-state index contributed by atoms with van der Waals surface area (Å²) in [6.07, 6.45) is 0.789. The van der Waals surface area contributed by atoms with Crippen molar-refractivity contribution in [2.24, 2.45) is 0 Å². The number of amides is 4. The molecule has 0 aromatic carbocycles. The Hall–Kier alpha value is -1.61. The van der Waals surface area contributed by atoms with Gasteiger partial charge in [0.25, 0.3) is 0 Å². The third-order valence-corrected chi connectivity index (χ3v) is 4.51. The van der Waals surface area contributed by atoms with Crippen molar-refractivity contribution in [2.75, 3.05) is 19.4 Å². The Morgan fingerprint density at radius 2 is 2.00 bits per heavy atom. The van der Waals surface area contributed by atoms with Crippen LogP contribution in [0.4, 0.5) is 0 Å². The average molecular weight is 359 g/mol. The third kappa shape index (κ3) is 5.79. The second-order valence-corrected chi connectivity index (χ2v) is 6.50. The largest absolute Gasteiger partial charge is 0.369 e. The molecule has 4 amide bonds. The minimum atomic E-state index is -0.599. The van der Waals surface area contributed by atoms with Gasteiger partial charge in [0, 0.05) is 26.0 Å². The molecule has 0 saturated carbocycles. The Morgan fingerprint density at radius 3 is 2.54 bits per heavy atom. The van der Waals surface area contributed by atoms with Crippen LogP contribution in [-0.2, 0) is 23.9 Å². The number of carbonyl (C=O) groups excluding carboxylic acids is 4. The van der Waals surface area contributed by atoms with Crippen molar-refractivity contribution >= 4 is 35.4 Å². The molecule has 0 radical (unpaired) electrons. The van der Waals surface area contributed by atoms with E-state index >= 15 is 0 Å². The highest BCUT2D eigenvalue weighted by molar-refractivity contribution is 8.00. The predicted molar refractivity (Wildman–Crippen MR) is 90.1 cm³/mol. The zero-order valence-electron chi connectivity index (χ0n) is 14.5. The molecule has 3 atom stereocenters. The molecular weight excluding hydrogens is 334 g/mol. The van der Waals surface area contributed by atoms with Crippen molar-refractivity contribution in [2.45, 2.75) is 51.1 Å².